The van der Waals surface area contributed by atoms with Crippen molar-refractivity contribution >= 4 is 11.9 Å². The SMILES string of the molecule is O=C(O)C1CCCC(C(=O)N2CCC(OCCCc3ccccc3)C2)C1. The Balaban J connectivity index is 1.37. The van der Waals surface area contributed by atoms with Gasteiger partial charge in [-0.1, -0.05) is 36.8 Å². The molecule has 3 atom stereocenters. The Bertz CT molecular complexity index is 603. The Morgan fingerprint density at radius 3 is 2.65 bits per heavy atom. The predicted molar refractivity (Wildman–Crippen MR) is 98.8 cm³/mol. The van der Waals surface area contributed by atoms with Crippen LogP contribution in [0.15, 0.2) is 30.3 Å². The lowest BCUT2D eigenvalue weighted by Crippen LogP contribution is -2.38. The largest absolute Gasteiger partial charge is 0.481 e. The van der Waals surface area contributed by atoms with Crippen molar-refractivity contribution < 1.29 is 19.4 Å². The second kappa shape index (κ2) is 9.17. The third-order valence-electron chi connectivity index (χ3n) is 5.64. The normalized spacial score (nSPS) is 26.0. The number of rotatable bonds is 7. The number of carboxylic acid groups (broad SMARTS) is 1. The molecule has 1 heterocycles. The van der Waals surface area contributed by atoms with Gasteiger partial charge in [-0.25, -0.2) is 0 Å². The van der Waals surface area contributed by atoms with Crippen LogP contribution in [0, 0.1) is 11.8 Å². The molecule has 5 heteroatoms. The topological polar surface area (TPSA) is 66.8 Å². The first kappa shape index (κ1) is 18.9. The second-order valence-electron chi connectivity index (χ2n) is 7.55. The molecule has 1 aromatic rings. The van der Waals surface area contributed by atoms with Gasteiger partial charge in [0, 0.05) is 25.6 Å². The highest BCUT2D eigenvalue weighted by Crippen LogP contribution is 2.31. The molecular weight excluding hydrogens is 330 g/mol. The number of nitrogens with zero attached hydrogens (tertiary/aromatic N) is 1. The Morgan fingerprint density at radius 2 is 1.88 bits per heavy atom. The van der Waals surface area contributed by atoms with E-state index < -0.39 is 5.97 Å². The number of carboxylic acids is 1. The van der Waals surface area contributed by atoms with Gasteiger partial charge >= 0.3 is 5.97 Å². The number of benzene rings is 1. The highest BCUT2D eigenvalue weighted by Gasteiger charge is 2.35. The molecule has 0 spiro atoms. The van der Waals surface area contributed by atoms with E-state index >= 15 is 0 Å². The van der Waals surface area contributed by atoms with E-state index in [2.05, 4.69) is 24.3 Å². The molecule has 1 N–H and O–H groups in total. The van der Waals surface area contributed by atoms with Crippen LogP contribution >= 0.6 is 0 Å². The number of hydrogen-bond donors (Lipinski definition) is 1. The van der Waals surface area contributed by atoms with Crippen molar-refractivity contribution in [2.24, 2.45) is 11.8 Å². The molecule has 1 amide bonds. The van der Waals surface area contributed by atoms with E-state index in [1.807, 2.05) is 11.0 Å². The fourth-order valence-corrected chi connectivity index (χ4v) is 4.13. The van der Waals surface area contributed by atoms with Gasteiger partial charge in [-0.05, 0) is 44.1 Å². The highest BCUT2D eigenvalue weighted by molar-refractivity contribution is 5.80. The minimum Gasteiger partial charge on any atom is -0.481 e. The summed E-state index contributed by atoms with van der Waals surface area (Å²) < 4.78 is 5.96. The third kappa shape index (κ3) is 5.07. The summed E-state index contributed by atoms with van der Waals surface area (Å²) in [6.07, 6.45) is 5.84. The number of carbonyl (C=O) groups excluding carboxylic acids is 1. The van der Waals surface area contributed by atoms with Gasteiger partial charge in [0.05, 0.1) is 12.0 Å². The molecule has 26 heavy (non-hydrogen) atoms. The zero-order valence-electron chi connectivity index (χ0n) is 15.3. The maximum absolute atomic E-state index is 12.7. The number of amides is 1. The minimum absolute atomic E-state index is 0.119. The Kier molecular flexibility index (Phi) is 6.67. The molecule has 0 aromatic heterocycles. The van der Waals surface area contributed by atoms with Gasteiger partial charge in [-0.15, -0.1) is 0 Å². The summed E-state index contributed by atoms with van der Waals surface area (Å²) >= 11 is 0. The number of aliphatic carboxylic acids is 1. The third-order valence-corrected chi connectivity index (χ3v) is 5.64. The summed E-state index contributed by atoms with van der Waals surface area (Å²) in [5.74, 6) is -1.11. The Morgan fingerprint density at radius 1 is 1.12 bits per heavy atom. The number of aryl methyl sites for hydroxylation is 1. The van der Waals surface area contributed by atoms with Crippen LogP contribution in [0.2, 0.25) is 0 Å². The first-order chi connectivity index (χ1) is 12.6. The van der Waals surface area contributed by atoms with Gasteiger partial charge in [0.1, 0.15) is 0 Å². The fraction of sp³-hybridized carbons (Fsp3) is 0.619. The lowest BCUT2D eigenvalue weighted by Gasteiger charge is -2.29. The first-order valence-corrected chi connectivity index (χ1v) is 9.80. The molecule has 5 nitrogen and oxygen atoms in total. The molecule has 0 radical (unpaired) electrons. The average Bonchev–Trinajstić information content (AvgIpc) is 3.14. The van der Waals surface area contributed by atoms with Crippen molar-refractivity contribution in [1.29, 1.82) is 0 Å². The number of ether oxygens (including phenoxy) is 1. The standard InChI is InChI=1S/C21H29NO4/c23-20(17-9-4-10-18(14-17)21(24)25)22-12-11-19(15-22)26-13-5-8-16-6-2-1-3-7-16/h1-3,6-7,17-19H,4-5,8-15H2,(H,24,25). The molecule has 2 fully saturated rings. The van der Waals surface area contributed by atoms with Crippen molar-refractivity contribution in [2.45, 2.75) is 51.0 Å². The lowest BCUT2D eigenvalue weighted by atomic mass is 9.81. The van der Waals surface area contributed by atoms with Crippen LogP contribution in [0.4, 0.5) is 0 Å². The van der Waals surface area contributed by atoms with Crippen LogP contribution in [0.5, 0.6) is 0 Å². The number of carbonyl (C=O) groups is 2. The molecule has 1 aliphatic carbocycles. The van der Waals surface area contributed by atoms with Crippen molar-refractivity contribution in [3.8, 4) is 0 Å². The Hall–Kier alpha value is -1.88. The van der Waals surface area contributed by atoms with Crippen LogP contribution in [0.3, 0.4) is 0 Å². The highest BCUT2D eigenvalue weighted by atomic mass is 16.5. The van der Waals surface area contributed by atoms with Gasteiger partial charge in [-0.3, -0.25) is 9.59 Å². The number of hydrogen-bond acceptors (Lipinski definition) is 3. The minimum atomic E-state index is -0.761. The van der Waals surface area contributed by atoms with Crippen molar-refractivity contribution in [3.05, 3.63) is 35.9 Å². The van der Waals surface area contributed by atoms with Crippen molar-refractivity contribution in [2.75, 3.05) is 19.7 Å². The van der Waals surface area contributed by atoms with Gasteiger partial charge in [0.15, 0.2) is 0 Å². The first-order valence-electron chi connectivity index (χ1n) is 9.80. The molecule has 1 saturated carbocycles. The van der Waals surface area contributed by atoms with E-state index in [9.17, 15) is 14.7 Å². The molecule has 3 rings (SSSR count). The molecule has 1 aromatic carbocycles. The summed E-state index contributed by atoms with van der Waals surface area (Å²) in [6, 6.07) is 10.4. The predicted octanol–water partition coefficient (Wildman–Crippen LogP) is 3.13. The maximum Gasteiger partial charge on any atom is 0.306 e. The molecule has 3 unspecified atom stereocenters. The zero-order chi connectivity index (χ0) is 18.4. The molecule has 142 valence electrons. The van der Waals surface area contributed by atoms with E-state index in [4.69, 9.17) is 4.74 Å². The summed E-state index contributed by atoms with van der Waals surface area (Å²) in [4.78, 5) is 25.8. The monoisotopic (exact) mass is 359 g/mol. The van der Waals surface area contributed by atoms with E-state index in [1.165, 1.54) is 5.56 Å². The lowest BCUT2D eigenvalue weighted by molar-refractivity contribution is -0.145. The molecule has 2 aliphatic rings. The molecule has 0 bridgehead atoms. The van der Waals surface area contributed by atoms with Crippen LogP contribution in [0.25, 0.3) is 0 Å². The quantitative estimate of drug-likeness (QED) is 0.760. The summed E-state index contributed by atoms with van der Waals surface area (Å²) in [5, 5.41) is 9.20. The van der Waals surface area contributed by atoms with E-state index in [0.717, 1.165) is 38.6 Å². The summed E-state index contributed by atoms with van der Waals surface area (Å²) in [5.41, 5.74) is 1.32. The van der Waals surface area contributed by atoms with Gasteiger partial charge in [0.25, 0.3) is 0 Å². The van der Waals surface area contributed by atoms with Crippen LogP contribution in [0.1, 0.15) is 44.1 Å². The van der Waals surface area contributed by atoms with E-state index in [0.29, 0.717) is 26.0 Å². The summed E-state index contributed by atoms with van der Waals surface area (Å²) in [7, 11) is 0. The summed E-state index contributed by atoms with van der Waals surface area (Å²) in [6.45, 7) is 2.10. The molecule has 1 aliphatic heterocycles. The molecular formula is C21H29NO4. The number of likely N-dealkylation sites (tertiary alicyclic amines) is 1. The van der Waals surface area contributed by atoms with Gasteiger partial charge < -0.3 is 14.7 Å². The van der Waals surface area contributed by atoms with Crippen LogP contribution in [-0.2, 0) is 20.7 Å². The van der Waals surface area contributed by atoms with Crippen molar-refractivity contribution in [3.63, 3.8) is 0 Å². The fourth-order valence-electron chi connectivity index (χ4n) is 4.13. The van der Waals surface area contributed by atoms with E-state index in [-0.39, 0.29) is 23.8 Å². The smallest absolute Gasteiger partial charge is 0.306 e. The van der Waals surface area contributed by atoms with Gasteiger partial charge in [0.2, 0.25) is 5.91 Å². The zero-order valence-corrected chi connectivity index (χ0v) is 15.3. The molecule has 1 saturated heterocycles. The Labute approximate surface area is 155 Å². The van der Waals surface area contributed by atoms with Gasteiger partial charge in [-0.2, -0.15) is 0 Å². The van der Waals surface area contributed by atoms with Crippen LogP contribution < -0.4 is 0 Å². The van der Waals surface area contributed by atoms with Crippen LogP contribution in [-0.4, -0.2) is 47.7 Å². The average molecular weight is 359 g/mol. The maximum atomic E-state index is 12.7. The van der Waals surface area contributed by atoms with Crippen molar-refractivity contribution in [1.82, 2.24) is 4.90 Å². The second-order valence-corrected chi connectivity index (χ2v) is 7.55. The van der Waals surface area contributed by atoms with E-state index in [1.54, 1.807) is 0 Å².